The smallest absolute Gasteiger partial charge is 0.188 e. The number of Topliss-reactive ketones (excluding diaryl/α,β-unsaturated/α-hetero) is 1. The van der Waals surface area contributed by atoms with Gasteiger partial charge in [0.15, 0.2) is 12.1 Å². The van der Waals surface area contributed by atoms with Crippen LogP contribution >= 0.6 is 0 Å². The topological polar surface area (TPSA) is 105 Å². The third-order valence-electron chi connectivity index (χ3n) is 3.60. The molecule has 0 spiro atoms. The number of hydrogen-bond acceptors (Lipinski definition) is 7. The maximum absolute atomic E-state index is 12.0. The molecule has 1 heterocycles. The van der Waals surface area contributed by atoms with E-state index in [4.69, 9.17) is 14.2 Å². The van der Waals surface area contributed by atoms with E-state index < -0.39 is 30.7 Å². The summed E-state index contributed by atoms with van der Waals surface area (Å²) in [6, 6.07) is 6.51. The van der Waals surface area contributed by atoms with Crippen molar-refractivity contribution < 1.29 is 34.3 Å². The van der Waals surface area contributed by atoms with Gasteiger partial charge in [0, 0.05) is 5.56 Å². The first-order valence-corrected chi connectivity index (χ1v) is 6.92. The second kappa shape index (κ2) is 7.17. The fourth-order valence-electron chi connectivity index (χ4n) is 2.17. The number of benzene rings is 1. The van der Waals surface area contributed by atoms with Crippen LogP contribution in [-0.2, 0) is 9.47 Å². The van der Waals surface area contributed by atoms with Gasteiger partial charge in [-0.05, 0) is 31.2 Å². The maximum atomic E-state index is 12.0. The van der Waals surface area contributed by atoms with Crippen molar-refractivity contribution in [2.75, 3.05) is 13.7 Å². The standard InChI is InChI=1S/C15H20O7/c1-8-12(17)13(18)14(19)15(22-8)21-7-11(16)9-3-5-10(20-2)6-4-9/h3-6,8,12-15,17-19H,7H2,1-2H3. The van der Waals surface area contributed by atoms with E-state index in [1.54, 1.807) is 31.2 Å². The fraction of sp³-hybridized carbons (Fsp3) is 0.533. The van der Waals surface area contributed by atoms with Crippen molar-refractivity contribution in [3.63, 3.8) is 0 Å². The summed E-state index contributed by atoms with van der Waals surface area (Å²) in [6.07, 6.45) is -5.89. The van der Waals surface area contributed by atoms with E-state index in [1.165, 1.54) is 7.11 Å². The lowest BCUT2D eigenvalue weighted by Crippen LogP contribution is -2.57. The summed E-state index contributed by atoms with van der Waals surface area (Å²) < 4.78 is 15.5. The molecule has 5 atom stereocenters. The molecule has 1 aromatic rings. The van der Waals surface area contributed by atoms with E-state index in [1.807, 2.05) is 0 Å². The Labute approximate surface area is 128 Å². The van der Waals surface area contributed by atoms with Crippen LogP contribution in [-0.4, -0.2) is 65.5 Å². The summed E-state index contributed by atoms with van der Waals surface area (Å²) in [7, 11) is 1.53. The Kier molecular flexibility index (Phi) is 5.49. The molecular weight excluding hydrogens is 292 g/mol. The molecule has 0 aromatic heterocycles. The minimum absolute atomic E-state index is 0.299. The van der Waals surface area contributed by atoms with Gasteiger partial charge < -0.3 is 29.5 Å². The number of rotatable bonds is 5. The first-order chi connectivity index (χ1) is 10.4. The molecule has 22 heavy (non-hydrogen) atoms. The summed E-state index contributed by atoms with van der Waals surface area (Å²) in [5, 5.41) is 29.0. The van der Waals surface area contributed by atoms with Crippen LogP contribution < -0.4 is 4.74 Å². The highest BCUT2D eigenvalue weighted by Crippen LogP contribution is 2.22. The van der Waals surface area contributed by atoms with Gasteiger partial charge in [0.2, 0.25) is 0 Å². The SMILES string of the molecule is COc1ccc(C(=O)COC2OC(C)C(O)C(O)C2O)cc1. The Morgan fingerprint density at radius 1 is 1.14 bits per heavy atom. The third-order valence-corrected chi connectivity index (χ3v) is 3.60. The molecule has 0 bridgehead atoms. The molecule has 5 unspecified atom stereocenters. The zero-order valence-electron chi connectivity index (χ0n) is 12.4. The second-order valence-electron chi connectivity index (χ2n) is 5.14. The normalized spacial score (nSPS) is 31.8. The first-order valence-electron chi connectivity index (χ1n) is 6.92. The molecule has 1 saturated heterocycles. The van der Waals surface area contributed by atoms with Gasteiger partial charge in [-0.2, -0.15) is 0 Å². The highest BCUT2D eigenvalue weighted by atomic mass is 16.7. The van der Waals surface area contributed by atoms with E-state index in [9.17, 15) is 20.1 Å². The molecular formula is C15H20O7. The van der Waals surface area contributed by atoms with Crippen LogP contribution in [0.5, 0.6) is 5.75 Å². The van der Waals surface area contributed by atoms with Crippen molar-refractivity contribution in [3.8, 4) is 5.75 Å². The van der Waals surface area contributed by atoms with Crippen molar-refractivity contribution in [1.82, 2.24) is 0 Å². The monoisotopic (exact) mass is 312 g/mol. The van der Waals surface area contributed by atoms with Crippen molar-refractivity contribution in [3.05, 3.63) is 29.8 Å². The van der Waals surface area contributed by atoms with Crippen LogP contribution in [0.25, 0.3) is 0 Å². The molecule has 1 aliphatic heterocycles. The summed E-state index contributed by atoms with van der Waals surface area (Å²) in [5.41, 5.74) is 0.430. The lowest BCUT2D eigenvalue weighted by molar-refractivity contribution is -0.289. The van der Waals surface area contributed by atoms with E-state index in [-0.39, 0.29) is 12.4 Å². The average molecular weight is 312 g/mol. The van der Waals surface area contributed by atoms with Crippen molar-refractivity contribution >= 4 is 5.78 Å². The highest BCUT2D eigenvalue weighted by Gasteiger charge is 2.42. The number of hydrogen-bond donors (Lipinski definition) is 3. The molecule has 0 saturated carbocycles. The minimum atomic E-state index is -1.42. The van der Waals surface area contributed by atoms with Gasteiger partial charge in [-0.3, -0.25) is 4.79 Å². The van der Waals surface area contributed by atoms with Crippen LogP contribution in [0.1, 0.15) is 17.3 Å². The number of aliphatic hydroxyl groups excluding tert-OH is 3. The Morgan fingerprint density at radius 3 is 2.36 bits per heavy atom. The molecule has 0 radical (unpaired) electrons. The Hall–Kier alpha value is -1.51. The number of ether oxygens (including phenoxy) is 3. The van der Waals surface area contributed by atoms with Crippen molar-refractivity contribution in [2.45, 2.75) is 37.6 Å². The quantitative estimate of drug-likeness (QED) is 0.642. The molecule has 7 heteroatoms. The zero-order chi connectivity index (χ0) is 16.3. The van der Waals surface area contributed by atoms with Gasteiger partial charge in [0.05, 0.1) is 13.2 Å². The maximum Gasteiger partial charge on any atom is 0.188 e. The molecule has 0 amide bonds. The van der Waals surface area contributed by atoms with Crippen molar-refractivity contribution in [1.29, 1.82) is 0 Å². The van der Waals surface area contributed by atoms with Crippen molar-refractivity contribution in [2.24, 2.45) is 0 Å². The minimum Gasteiger partial charge on any atom is -0.497 e. The lowest BCUT2D eigenvalue weighted by Gasteiger charge is -2.38. The number of carbonyl (C=O) groups excluding carboxylic acids is 1. The fourth-order valence-corrected chi connectivity index (χ4v) is 2.17. The number of carbonyl (C=O) groups is 1. The average Bonchev–Trinajstić information content (AvgIpc) is 2.54. The predicted octanol–water partition coefficient (Wildman–Crippen LogP) is -0.278. The molecule has 2 rings (SSSR count). The number of ketones is 1. The molecule has 7 nitrogen and oxygen atoms in total. The molecule has 1 aromatic carbocycles. The molecule has 1 fully saturated rings. The van der Waals surface area contributed by atoms with Crippen LogP contribution in [0.2, 0.25) is 0 Å². The highest BCUT2D eigenvalue weighted by molar-refractivity contribution is 5.97. The molecule has 3 N–H and O–H groups in total. The first kappa shape index (κ1) is 16.9. The van der Waals surface area contributed by atoms with Gasteiger partial charge in [-0.15, -0.1) is 0 Å². The number of aliphatic hydroxyl groups is 3. The van der Waals surface area contributed by atoms with Gasteiger partial charge >= 0.3 is 0 Å². The van der Waals surface area contributed by atoms with Gasteiger partial charge in [0.25, 0.3) is 0 Å². The Morgan fingerprint density at radius 2 is 1.77 bits per heavy atom. The molecule has 122 valence electrons. The van der Waals surface area contributed by atoms with E-state index >= 15 is 0 Å². The van der Waals surface area contributed by atoms with Crippen LogP contribution in [0.15, 0.2) is 24.3 Å². The van der Waals surface area contributed by atoms with Crippen LogP contribution in [0.4, 0.5) is 0 Å². The Balaban J connectivity index is 1.92. The van der Waals surface area contributed by atoms with Crippen LogP contribution in [0.3, 0.4) is 0 Å². The predicted molar refractivity (Wildman–Crippen MR) is 75.6 cm³/mol. The van der Waals surface area contributed by atoms with Gasteiger partial charge in [-0.25, -0.2) is 0 Å². The van der Waals surface area contributed by atoms with E-state index in [0.717, 1.165) is 0 Å². The van der Waals surface area contributed by atoms with E-state index in [0.29, 0.717) is 11.3 Å². The lowest BCUT2D eigenvalue weighted by atomic mass is 10.00. The summed E-state index contributed by atoms with van der Waals surface area (Å²) >= 11 is 0. The molecule has 1 aliphatic rings. The third kappa shape index (κ3) is 3.63. The zero-order valence-corrected chi connectivity index (χ0v) is 12.4. The Bertz CT molecular complexity index is 501. The second-order valence-corrected chi connectivity index (χ2v) is 5.14. The summed E-state index contributed by atoms with van der Waals surface area (Å²) in [6.45, 7) is 1.23. The number of methoxy groups -OCH3 is 1. The summed E-state index contributed by atoms with van der Waals surface area (Å²) in [5.74, 6) is 0.334. The van der Waals surface area contributed by atoms with Gasteiger partial charge in [-0.1, -0.05) is 0 Å². The largest absolute Gasteiger partial charge is 0.497 e. The molecule has 0 aliphatic carbocycles. The summed E-state index contributed by atoms with van der Waals surface area (Å²) in [4.78, 5) is 12.0. The van der Waals surface area contributed by atoms with Crippen LogP contribution in [0, 0.1) is 0 Å². The van der Waals surface area contributed by atoms with Gasteiger partial charge in [0.1, 0.15) is 30.7 Å². The van der Waals surface area contributed by atoms with E-state index in [2.05, 4.69) is 0 Å².